The molecule has 3 saturated heterocycles. The van der Waals surface area contributed by atoms with Crippen LogP contribution < -0.4 is 10.6 Å². The van der Waals surface area contributed by atoms with E-state index in [0.29, 0.717) is 12.0 Å². The van der Waals surface area contributed by atoms with Gasteiger partial charge in [-0.25, -0.2) is 0 Å². The second-order valence-electron chi connectivity index (χ2n) is 11.2. The number of aliphatic imine (C=N–C) groups is 1. The highest BCUT2D eigenvalue weighted by Gasteiger charge is 2.40. The zero-order valence-corrected chi connectivity index (χ0v) is 23.7. The molecule has 7 heteroatoms. The maximum atomic E-state index is 6.20. The number of hydrogen-bond donors (Lipinski definition) is 2. The molecule has 3 heterocycles. The van der Waals surface area contributed by atoms with Gasteiger partial charge in [-0.2, -0.15) is 0 Å². The van der Waals surface area contributed by atoms with E-state index in [1.54, 1.807) is 0 Å². The van der Waals surface area contributed by atoms with Gasteiger partial charge in [0.05, 0.1) is 12.6 Å². The Morgan fingerprint density at radius 3 is 2.34 bits per heavy atom. The van der Waals surface area contributed by atoms with E-state index < -0.39 is 0 Å². The van der Waals surface area contributed by atoms with Crippen LogP contribution in [0.1, 0.15) is 72.6 Å². The predicted octanol–water partition coefficient (Wildman–Crippen LogP) is 3.95. The summed E-state index contributed by atoms with van der Waals surface area (Å²) in [6.45, 7) is 17.6. The maximum absolute atomic E-state index is 6.20. The second-order valence-corrected chi connectivity index (χ2v) is 11.2. The molecule has 0 spiro atoms. The minimum Gasteiger partial charge on any atom is -0.377 e. The molecule has 3 fully saturated rings. The van der Waals surface area contributed by atoms with Crippen molar-refractivity contribution < 1.29 is 4.74 Å². The van der Waals surface area contributed by atoms with Gasteiger partial charge < -0.3 is 20.3 Å². The lowest BCUT2D eigenvalue weighted by atomic mass is 9.78. The lowest BCUT2D eigenvalue weighted by molar-refractivity contribution is -0.0835. The van der Waals surface area contributed by atoms with E-state index in [1.165, 1.54) is 64.7 Å². The highest BCUT2D eigenvalue weighted by atomic mass is 127. The molecule has 2 unspecified atom stereocenters. The molecule has 2 N–H and O–H groups in total. The number of nitrogens with zero attached hydrogens (tertiary/aromatic N) is 3. The molecular formula is C25H50IN5O. The molecule has 0 radical (unpaired) electrons. The lowest BCUT2D eigenvalue weighted by Gasteiger charge is -2.49. The van der Waals surface area contributed by atoms with Crippen LogP contribution in [-0.2, 0) is 4.74 Å². The Kier molecular flexibility index (Phi) is 11.5. The highest BCUT2D eigenvalue weighted by molar-refractivity contribution is 14.0. The van der Waals surface area contributed by atoms with E-state index in [4.69, 9.17) is 9.73 Å². The van der Waals surface area contributed by atoms with Gasteiger partial charge in [0.15, 0.2) is 5.96 Å². The summed E-state index contributed by atoms with van der Waals surface area (Å²) < 4.78 is 6.20. The van der Waals surface area contributed by atoms with Crippen LogP contribution in [0.15, 0.2) is 4.99 Å². The van der Waals surface area contributed by atoms with Crippen LogP contribution >= 0.6 is 24.0 Å². The summed E-state index contributed by atoms with van der Waals surface area (Å²) in [6, 6.07) is 0. The molecule has 32 heavy (non-hydrogen) atoms. The number of halogens is 1. The van der Waals surface area contributed by atoms with Gasteiger partial charge in [-0.1, -0.05) is 27.2 Å². The molecule has 0 saturated carbocycles. The van der Waals surface area contributed by atoms with Crippen molar-refractivity contribution in [2.75, 3.05) is 59.5 Å². The summed E-state index contributed by atoms with van der Waals surface area (Å²) in [5, 5.41) is 7.20. The Labute approximate surface area is 214 Å². The maximum Gasteiger partial charge on any atom is 0.191 e. The summed E-state index contributed by atoms with van der Waals surface area (Å²) in [7, 11) is 2.26. The van der Waals surface area contributed by atoms with Gasteiger partial charge in [-0.15, -0.1) is 24.0 Å². The Morgan fingerprint density at radius 1 is 1.03 bits per heavy atom. The summed E-state index contributed by atoms with van der Waals surface area (Å²) >= 11 is 0. The fourth-order valence-corrected chi connectivity index (χ4v) is 5.78. The molecule has 0 aromatic carbocycles. The van der Waals surface area contributed by atoms with Gasteiger partial charge in [0.1, 0.15) is 0 Å². The third kappa shape index (κ3) is 7.70. The molecule has 188 valence electrons. The Bertz CT molecular complexity index is 565. The number of nitrogens with one attached hydrogen (secondary N) is 2. The van der Waals surface area contributed by atoms with Gasteiger partial charge in [0.25, 0.3) is 0 Å². The minimum absolute atomic E-state index is 0. The van der Waals surface area contributed by atoms with Gasteiger partial charge >= 0.3 is 0 Å². The van der Waals surface area contributed by atoms with Gasteiger partial charge in [0.2, 0.25) is 0 Å². The number of rotatable bonds is 6. The van der Waals surface area contributed by atoms with Crippen molar-refractivity contribution in [1.82, 2.24) is 20.4 Å². The number of hydrogen-bond acceptors (Lipinski definition) is 4. The Morgan fingerprint density at radius 2 is 1.72 bits per heavy atom. The Balaban J connectivity index is 0.00000363. The van der Waals surface area contributed by atoms with Crippen molar-refractivity contribution in [3.63, 3.8) is 0 Å². The summed E-state index contributed by atoms with van der Waals surface area (Å²) in [5.41, 5.74) is 0.409. The van der Waals surface area contributed by atoms with Crippen LogP contribution in [0.5, 0.6) is 0 Å². The highest BCUT2D eigenvalue weighted by Crippen LogP contribution is 2.34. The van der Waals surface area contributed by atoms with E-state index in [2.05, 4.69) is 55.2 Å². The largest absolute Gasteiger partial charge is 0.377 e. The molecule has 3 aliphatic heterocycles. The molecule has 0 aliphatic carbocycles. The molecule has 3 rings (SSSR count). The van der Waals surface area contributed by atoms with Gasteiger partial charge in [-0.3, -0.25) is 9.89 Å². The van der Waals surface area contributed by atoms with Gasteiger partial charge in [0, 0.05) is 31.2 Å². The van der Waals surface area contributed by atoms with Crippen molar-refractivity contribution in [3.8, 4) is 0 Å². The first-order chi connectivity index (χ1) is 14.8. The van der Waals surface area contributed by atoms with Crippen LogP contribution in [0.4, 0.5) is 0 Å². The van der Waals surface area contributed by atoms with Crippen molar-refractivity contribution >= 4 is 29.9 Å². The molecule has 0 aromatic rings. The third-order valence-corrected chi connectivity index (χ3v) is 7.65. The average molecular weight is 564 g/mol. The first-order valence-electron chi connectivity index (χ1n) is 12.9. The van der Waals surface area contributed by atoms with Crippen LogP contribution in [0.3, 0.4) is 0 Å². The number of piperidine rings is 2. The second kappa shape index (κ2) is 13.1. The summed E-state index contributed by atoms with van der Waals surface area (Å²) in [5.74, 6) is 1.52. The molecule has 0 aromatic heterocycles. The SMILES string of the molecule is CCNC(=NCC1(N2CCCCC2)CCN(C)CC1)NCC1CCCOC1C(C)(C)C.I. The number of likely N-dealkylation sites (tertiary alicyclic amines) is 2. The molecule has 0 bridgehead atoms. The molecule has 0 amide bonds. The van der Waals surface area contributed by atoms with Crippen molar-refractivity contribution in [1.29, 1.82) is 0 Å². The first kappa shape index (κ1) is 28.1. The van der Waals surface area contributed by atoms with E-state index in [-0.39, 0.29) is 34.9 Å². The zero-order valence-electron chi connectivity index (χ0n) is 21.4. The van der Waals surface area contributed by atoms with E-state index >= 15 is 0 Å². The van der Waals surface area contributed by atoms with Crippen molar-refractivity contribution in [2.45, 2.75) is 84.3 Å². The zero-order chi connectivity index (χ0) is 22.3. The van der Waals surface area contributed by atoms with Crippen molar-refractivity contribution in [2.24, 2.45) is 16.3 Å². The number of ether oxygens (including phenoxy) is 1. The monoisotopic (exact) mass is 563 g/mol. The topological polar surface area (TPSA) is 52.1 Å². The Hall–Kier alpha value is -0.120. The van der Waals surface area contributed by atoms with Gasteiger partial charge in [-0.05, 0) is 84.1 Å². The normalized spacial score (nSPS) is 28.1. The molecule has 3 aliphatic rings. The van der Waals surface area contributed by atoms with Crippen LogP contribution in [0, 0.1) is 11.3 Å². The quantitative estimate of drug-likeness (QED) is 0.291. The van der Waals surface area contributed by atoms with E-state index in [1.807, 2.05) is 0 Å². The summed E-state index contributed by atoms with van der Waals surface area (Å²) in [4.78, 5) is 10.4. The summed E-state index contributed by atoms with van der Waals surface area (Å²) in [6.07, 6.45) is 9.24. The predicted molar refractivity (Wildman–Crippen MR) is 146 cm³/mol. The molecule has 6 nitrogen and oxygen atoms in total. The lowest BCUT2D eigenvalue weighted by Crippen LogP contribution is -2.58. The van der Waals surface area contributed by atoms with Crippen LogP contribution in [0.2, 0.25) is 0 Å². The first-order valence-corrected chi connectivity index (χ1v) is 12.9. The molecule has 2 atom stereocenters. The fourth-order valence-electron chi connectivity index (χ4n) is 5.78. The fraction of sp³-hybridized carbons (Fsp3) is 0.960. The van der Waals surface area contributed by atoms with E-state index in [9.17, 15) is 0 Å². The smallest absolute Gasteiger partial charge is 0.191 e. The molecular weight excluding hydrogens is 513 g/mol. The number of guanidine groups is 1. The van der Waals surface area contributed by atoms with Crippen molar-refractivity contribution in [3.05, 3.63) is 0 Å². The standard InChI is InChI=1S/C25H49N5O.HI/c1-6-26-23(27-19-21-11-10-18-31-22(21)24(2,3)4)28-20-25(12-16-29(5)17-13-25)30-14-8-7-9-15-30;/h21-22H,6-20H2,1-5H3,(H2,26,27,28);1H. The van der Waals surface area contributed by atoms with Crippen LogP contribution in [-0.4, -0.2) is 86.9 Å². The van der Waals surface area contributed by atoms with E-state index in [0.717, 1.165) is 38.6 Å². The average Bonchev–Trinajstić information content (AvgIpc) is 2.77. The third-order valence-electron chi connectivity index (χ3n) is 7.65. The minimum atomic E-state index is 0. The van der Waals surface area contributed by atoms with Crippen LogP contribution in [0.25, 0.3) is 0 Å².